The van der Waals surface area contributed by atoms with Crippen LogP contribution in [0.15, 0.2) is 54.6 Å². The highest BCUT2D eigenvalue weighted by atomic mass is 16.5. The average molecular weight is 434 g/mol. The number of methoxy groups -OCH3 is 1. The summed E-state index contributed by atoms with van der Waals surface area (Å²) in [4.78, 5) is 39.8. The van der Waals surface area contributed by atoms with Crippen molar-refractivity contribution in [3.63, 3.8) is 0 Å². The molecule has 3 aromatic rings. The van der Waals surface area contributed by atoms with Crippen LogP contribution in [0, 0.1) is 0 Å². The van der Waals surface area contributed by atoms with Gasteiger partial charge in [0.2, 0.25) is 11.8 Å². The van der Waals surface area contributed by atoms with Crippen LogP contribution in [-0.4, -0.2) is 53.4 Å². The molecule has 0 unspecified atom stereocenters. The highest BCUT2D eigenvalue weighted by Gasteiger charge is 2.45. The molecule has 1 aliphatic rings. The maximum atomic E-state index is 13.1. The van der Waals surface area contributed by atoms with Crippen molar-refractivity contribution in [3.05, 3.63) is 65.9 Å². The molecule has 0 bridgehead atoms. The summed E-state index contributed by atoms with van der Waals surface area (Å²) < 4.78 is 6.99. The van der Waals surface area contributed by atoms with E-state index in [4.69, 9.17) is 4.74 Å². The van der Waals surface area contributed by atoms with Crippen LogP contribution in [0.3, 0.4) is 0 Å². The fourth-order valence-electron chi connectivity index (χ4n) is 3.95. The number of hydrogen-bond donors (Lipinski definition) is 2. The van der Waals surface area contributed by atoms with Crippen molar-refractivity contribution in [2.75, 3.05) is 20.7 Å². The Balaban J connectivity index is 1.41. The van der Waals surface area contributed by atoms with Crippen LogP contribution < -0.4 is 15.4 Å². The Labute approximate surface area is 186 Å². The van der Waals surface area contributed by atoms with Crippen molar-refractivity contribution >= 4 is 28.6 Å². The number of amides is 3. The lowest BCUT2D eigenvalue weighted by atomic mass is 9.95. The molecule has 3 amide bonds. The van der Waals surface area contributed by atoms with E-state index in [9.17, 15) is 14.4 Å². The number of fused-ring (bicyclic) bond motifs is 3. The van der Waals surface area contributed by atoms with Crippen molar-refractivity contribution in [1.29, 1.82) is 0 Å². The Morgan fingerprint density at radius 2 is 1.81 bits per heavy atom. The number of carbonyl (C=O) groups excluding carboxylic acids is 3. The number of likely N-dealkylation sites (N-methyl/N-ethyl adjacent to an activating group) is 1. The van der Waals surface area contributed by atoms with Crippen LogP contribution >= 0.6 is 0 Å². The van der Waals surface area contributed by atoms with E-state index in [-0.39, 0.29) is 24.3 Å². The molecular formula is C24H26N4O4. The minimum Gasteiger partial charge on any atom is -0.497 e. The van der Waals surface area contributed by atoms with Crippen LogP contribution in [0.2, 0.25) is 0 Å². The molecule has 0 radical (unpaired) electrons. The quantitative estimate of drug-likeness (QED) is 0.620. The molecule has 1 aromatic heterocycles. The van der Waals surface area contributed by atoms with Crippen LogP contribution in [0.5, 0.6) is 5.75 Å². The number of para-hydroxylation sites is 1. The van der Waals surface area contributed by atoms with E-state index in [1.54, 1.807) is 21.1 Å². The van der Waals surface area contributed by atoms with Gasteiger partial charge < -0.3 is 24.8 Å². The Hall–Kier alpha value is -3.81. The van der Waals surface area contributed by atoms with E-state index < -0.39 is 5.54 Å². The molecule has 0 fully saturated rings. The standard InChI is InChI=1S/C24H26N4O4/c1-24(15-28-19-7-5-4-6-17(19)12-20(28)22(30)27(24)2)23(31)26-14-21(29)25-13-16-8-10-18(32-3)11-9-16/h4-12H,13-15H2,1-3H3,(H,25,29)(H,26,31)/t24-/m0/s1. The molecule has 1 atom stereocenters. The first-order chi connectivity index (χ1) is 15.3. The number of aromatic nitrogens is 1. The maximum Gasteiger partial charge on any atom is 0.271 e. The van der Waals surface area contributed by atoms with Gasteiger partial charge in [0.05, 0.1) is 20.2 Å². The fourth-order valence-corrected chi connectivity index (χ4v) is 3.95. The van der Waals surface area contributed by atoms with Gasteiger partial charge in [-0.2, -0.15) is 0 Å². The number of nitrogens with zero attached hydrogens (tertiary/aromatic N) is 2. The van der Waals surface area contributed by atoms with Crippen molar-refractivity contribution in [2.45, 2.75) is 25.6 Å². The number of carbonyl (C=O) groups is 3. The largest absolute Gasteiger partial charge is 0.497 e. The summed E-state index contributed by atoms with van der Waals surface area (Å²) in [5.74, 6) is -0.176. The van der Waals surface area contributed by atoms with Gasteiger partial charge in [-0.05, 0) is 36.8 Å². The van der Waals surface area contributed by atoms with Crippen LogP contribution in [0.25, 0.3) is 10.9 Å². The highest BCUT2D eigenvalue weighted by Crippen LogP contribution is 2.31. The van der Waals surface area contributed by atoms with Gasteiger partial charge in [-0.25, -0.2) is 0 Å². The van der Waals surface area contributed by atoms with Crippen molar-refractivity contribution in [1.82, 2.24) is 20.1 Å². The number of rotatable bonds is 6. The second-order valence-corrected chi connectivity index (χ2v) is 8.12. The van der Waals surface area contributed by atoms with Gasteiger partial charge in [0.25, 0.3) is 5.91 Å². The zero-order chi connectivity index (χ0) is 22.9. The summed E-state index contributed by atoms with van der Waals surface area (Å²) in [5.41, 5.74) is 1.25. The summed E-state index contributed by atoms with van der Waals surface area (Å²) in [5, 5.41) is 6.42. The number of nitrogens with one attached hydrogen (secondary N) is 2. The molecule has 2 aromatic carbocycles. The topological polar surface area (TPSA) is 92.7 Å². The van der Waals surface area contributed by atoms with E-state index in [1.165, 1.54) is 4.90 Å². The SMILES string of the molecule is COc1ccc(CNC(=O)CNC(=O)[C@]2(C)Cn3c(cc4ccccc43)C(=O)N2C)cc1. The number of benzene rings is 2. The zero-order valence-corrected chi connectivity index (χ0v) is 18.3. The summed E-state index contributed by atoms with van der Waals surface area (Å²) in [6.07, 6.45) is 0. The van der Waals surface area contributed by atoms with Gasteiger partial charge in [0.1, 0.15) is 17.0 Å². The summed E-state index contributed by atoms with van der Waals surface area (Å²) >= 11 is 0. The Morgan fingerprint density at radius 3 is 2.53 bits per heavy atom. The second-order valence-electron chi connectivity index (χ2n) is 8.12. The van der Waals surface area contributed by atoms with Gasteiger partial charge in [0, 0.05) is 24.5 Å². The first-order valence-corrected chi connectivity index (χ1v) is 10.4. The van der Waals surface area contributed by atoms with Crippen LogP contribution in [-0.2, 0) is 22.7 Å². The first-order valence-electron chi connectivity index (χ1n) is 10.4. The molecular weight excluding hydrogens is 408 g/mol. The van der Waals surface area contributed by atoms with E-state index in [1.807, 2.05) is 59.2 Å². The van der Waals surface area contributed by atoms with Crippen LogP contribution in [0.4, 0.5) is 0 Å². The second kappa shape index (κ2) is 8.37. The van der Waals surface area contributed by atoms with Crippen molar-refractivity contribution in [2.24, 2.45) is 0 Å². The summed E-state index contributed by atoms with van der Waals surface area (Å²) in [6, 6.07) is 16.9. The normalized spacial score (nSPS) is 17.7. The van der Waals surface area contributed by atoms with Gasteiger partial charge >= 0.3 is 0 Å². The number of hydrogen-bond acceptors (Lipinski definition) is 4. The molecule has 166 valence electrons. The first kappa shape index (κ1) is 21.4. The van der Waals surface area contributed by atoms with Crippen molar-refractivity contribution < 1.29 is 19.1 Å². The predicted molar refractivity (Wildman–Crippen MR) is 120 cm³/mol. The number of ether oxygens (including phenoxy) is 1. The smallest absolute Gasteiger partial charge is 0.271 e. The third-order valence-corrected chi connectivity index (χ3v) is 6.09. The van der Waals surface area contributed by atoms with E-state index in [0.29, 0.717) is 18.8 Å². The molecule has 0 aliphatic carbocycles. The zero-order valence-electron chi connectivity index (χ0n) is 18.3. The minimum atomic E-state index is -1.12. The maximum absolute atomic E-state index is 13.1. The molecule has 2 heterocycles. The molecule has 2 N–H and O–H groups in total. The Morgan fingerprint density at radius 1 is 1.09 bits per heavy atom. The van der Waals surface area contributed by atoms with E-state index >= 15 is 0 Å². The minimum absolute atomic E-state index is 0.175. The highest BCUT2D eigenvalue weighted by molar-refractivity contribution is 6.03. The molecule has 32 heavy (non-hydrogen) atoms. The summed E-state index contributed by atoms with van der Waals surface area (Å²) in [7, 11) is 3.21. The van der Waals surface area contributed by atoms with Gasteiger partial charge in [-0.3, -0.25) is 14.4 Å². The lowest BCUT2D eigenvalue weighted by Crippen LogP contribution is -2.63. The molecule has 0 saturated heterocycles. The predicted octanol–water partition coefficient (Wildman–Crippen LogP) is 1.93. The third kappa shape index (κ3) is 3.79. The van der Waals surface area contributed by atoms with E-state index in [0.717, 1.165) is 22.2 Å². The Kier molecular flexibility index (Phi) is 5.61. The monoisotopic (exact) mass is 434 g/mol. The molecule has 1 aliphatic heterocycles. The van der Waals surface area contributed by atoms with Crippen molar-refractivity contribution in [3.8, 4) is 5.75 Å². The van der Waals surface area contributed by atoms with Gasteiger partial charge in [0.15, 0.2) is 0 Å². The van der Waals surface area contributed by atoms with Crippen LogP contribution in [0.1, 0.15) is 23.0 Å². The molecule has 8 nitrogen and oxygen atoms in total. The average Bonchev–Trinajstić information content (AvgIpc) is 3.18. The molecule has 8 heteroatoms. The molecule has 4 rings (SSSR count). The summed E-state index contributed by atoms with van der Waals surface area (Å²) in [6.45, 7) is 2.18. The lowest BCUT2D eigenvalue weighted by Gasteiger charge is -2.41. The molecule has 0 spiro atoms. The lowest BCUT2D eigenvalue weighted by molar-refractivity contribution is -0.134. The fraction of sp³-hybridized carbons (Fsp3) is 0.292. The Bertz CT molecular complexity index is 1180. The van der Waals surface area contributed by atoms with Gasteiger partial charge in [-0.1, -0.05) is 30.3 Å². The van der Waals surface area contributed by atoms with E-state index in [2.05, 4.69) is 10.6 Å². The molecule has 0 saturated carbocycles. The van der Waals surface area contributed by atoms with Gasteiger partial charge in [-0.15, -0.1) is 0 Å². The third-order valence-electron chi connectivity index (χ3n) is 6.09.